The minimum absolute atomic E-state index is 0.472. The summed E-state index contributed by atoms with van der Waals surface area (Å²) in [7, 11) is 0. The van der Waals surface area contributed by atoms with Crippen LogP contribution in [0.1, 0.15) is 6.92 Å². The third kappa shape index (κ3) is 0.675. The second kappa shape index (κ2) is 1.88. The molecule has 40 valence electrons. The average molecular weight is 104 g/mol. The molecule has 0 fully saturated rings. The minimum atomic E-state index is 0.472. The predicted molar refractivity (Wildman–Crippen MR) is 35.2 cm³/mol. The summed E-state index contributed by atoms with van der Waals surface area (Å²) >= 11 is 0. The molecule has 0 nitrogen and oxygen atoms in total. The van der Waals surface area contributed by atoms with E-state index in [1.807, 2.05) is 12.2 Å². The second-order valence-electron chi connectivity index (χ2n) is 1.94. The van der Waals surface area contributed by atoms with Crippen molar-refractivity contribution in [1.82, 2.24) is 0 Å². The number of allylic oxidation sites excluding steroid dienone is 4. The maximum Gasteiger partial charge on any atom is 0.00835 e. The van der Waals surface area contributed by atoms with E-state index in [0.29, 0.717) is 5.92 Å². The highest BCUT2D eigenvalue weighted by molar-refractivity contribution is 5.38. The lowest BCUT2D eigenvalue weighted by Gasteiger charge is -1.95. The molecule has 0 aliphatic heterocycles. The molecule has 8 heavy (non-hydrogen) atoms. The van der Waals surface area contributed by atoms with Crippen LogP contribution in [-0.4, -0.2) is 0 Å². The van der Waals surface area contributed by atoms with E-state index in [0.717, 1.165) is 5.57 Å². The number of hydrogen-bond donors (Lipinski definition) is 0. The van der Waals surface area contributed by atoms with Crippen LogP contribution in [0.4, 0.5) is 0 Å². The van der Waals surface area contributed by atoms with Crippen molar-refractivity contribution in [1.29, 1.82) is 0 Å². The van der Waals surface area contributed by atoms with Crippen LogP contribution in [0.15, 0.2) is 23.8 Å². The van der Waals surface area contributed by atoms with Gasteiger partial charge >= 0.3 is 0 Å². The highest BCUT2D eigenvalue weighted by atomic mass is 14.1. The van der Waals surface area contributed by atoms with Crippen molar-refractivity contribution in [3.05, 3.63) is 23.8 Å². The Morgan fingerprint density at radius 2 is 2.50 bits per heavy atom. The number of terminal acetylenes is 1. The Bertz CT molecular complexity index is 177. The van der Waals surface area contributed by atoms with E-state index >= 15 is 0 Å². The van der Waals surface area contributed by atoms with Gasteiger partial charge in [0.1, 0.15) is 0 Å². The van der Waals surface area contributed by atoms with Gasteiger partial charge in [0.05, 0.1) is 0 Å². The fraction of sp³-hybridized carbons (Fsp3) is 0.250. The van der Waals surface area contributed by atoms with Gasteiger partial charge in [0.15, 0.2) is 0 Å². The van der Waals surface area contributed by atoms with Crippen molar-refractivity contribution in [2.75, 3.05) is 0 Å². The summed E-state index contributed by atoms with van der Waals surface area (Å²) in [5, 5.41) is 0. The van der Waals surface area contributed by atoms with E-state index < -0.39 is 0 Å². The Balaban J connectivity index is 2.77. The highest BCUT2D eigenvalue weighted by Crippen LogP contribution is 2.16. The molecule has 0 bridgehead atoms. The zero-order valence-electron chi connectivity index (χ0n) is 4.89. The first-order valence-corrected chi connectivity index (χ1v) is 2.69. The summed E-state index contributed by atoms with van der Waals surface area (Å²) in [6, 6.07) is 0. The molecule has 1 atom stereocenters. The molecule has 1 aliphatic rings. The third-order valence-corrected chi connectivity index (χ3v) is 1.33. The summed E-state index contributed by atoms with van der Waals surface area (Å²) in [5.41, 5.74) is 1.09. The van der Waals surface area contributed by atoms with Crippen LogP contribution in [0.3, 0.4) is 0 Å². The maximum atomic E-state index is 5.17. The van der Waals surface area contributed by atoms with Crippen molar-refractivity contribution in [3.63, 3.8) is 0 Å². The molecule has 1 rings (SSSR count). The predicted octanol–water partition coefficient (Wildman–Crippen LogP) is 1.75. The van der Waals surface area contributed by atoms with E-state index in [1.165, 1.54) is 0 Å². The number of rotatable bonds is 0. The molecule has 0 heteroatoms. The van der Waals surface area contributed by atoms with Gasteiger partial charge in [-0.15, -0.1) is 6.42 Å². The fourth-order valence-electron chi connectivity index (χ4n) is 0.761. The van der Waals surface area contributed by atoms with Crippen LogP contribution in [0, 0.1) is 18.3 Å². The lowest BCUT2D eigenvalue weighted by molar-refractivity contribution is 0.920. The first-order valence-electron chi connectivity index (χ1n) is 2.69. The molecule has 0 saturated carbocycles. The van der Waals surface area contributed by atoms with Crippen LogP contribution < -0.4 is 0 Å². The van der Waals surface area contributed by atoms with Gasteiger partial charge in [-0.1, -0.05) is 31.1 Å². The summed E-state index contributed by atoms with van der Waals surface area (Å²) in [5.74, 6) is 3.08. The van der Waals surface area contributed by atoms with Gasteiger partial charge in [-0.3, -0.25) is 0 Å². The van der Waals surface area contributed by atoms with Gasteiger partial charge in [0.25, 0.3) is 0 Å². The van der Waals surface area contributed by atoms with E-state index in [9.17, 15) is 0 Å². The summed E-state index contributed by atoms with van der Waals surface area (Å²) < 4.78 is 0. The molecule has 0 aromatic rings. The molecule has 0 spiro atoms. The normalized spacial score (nSPS) is 25.0. The van der Waals surface area contributed by atoms with E-state index in [4.69, 9.17) is 6.42 Å². The van der Waals surface area contributed by atoms with Crippen molar-refractivity contribution < 1.29 is 0 Å². The molecule has 0 aromatic heterocycles. The van der Waals surface area contributed by atoms with Crippen LogP contribution in [-0.2, 0) is 0 Å². The fourth-order valence-corrected chi connectivity index (χ4v) is 0.761. The monoisotopic (exact) mass is 104 g/mol. The highest BCUT2D eigenvalue weighted by Gasteiger charge is 2.03. The second-order valence-corrected chi connectivity index (χ2v) is 1.94. The zero-order chi connectivity index (χ0) is 5.98. The van der Waals surface area contributed by atoms with Crippen LogP contribution >= 0.6 is 0 Å². The zero-order valence-corrected chi connectivity index (χ0v) is 4.89. The molecular formula is C8H8. The quantitative estimate of drug-likeness (QED) is 0.411. The molecule has 1 aliphatic carbocycles. The first kappa shape index (κ1) is 5.18. The van der Waals surface area contributed by atoms with Gasteiger partial charge < -0.3 is 0 Å². The summed E-state index contributed by atoms with van der Waals surface area (Å²) in [4.78, 5) is 0. The van der Waals surface area contributed by atoms with Gasteiger partial charge in [0, 0.05) is 11.5 Å². The first-order chi connectivity index (χ1) is 3.84. The van der Waals surface area contributed by atoms with Gasteiger partial charge in [-0.2, -0.15) is 0 Å². The van der Waals surface area contributed by atoms with E-state index in [1.54, 1.807) is 0 Å². The molecule has 0 heterocycles. The van der Waals surface area contributed by atoms with Crippen molar-refractivity contribution >= 4 is 0 Å². The van der Waals surface area contributed by atoms with Crippen LogP contribution in [0.25, 0.3) is 0 Å². The Hall–Kier alpha value is -0.960. The van der Waals surface area contributed by atoms with E-state index in [-0.39, 0.29) is 0 Å². The van der Waals surface area contributed by atoms with E-state index in [2.05, 4.69) is 18.9 Å². The summed E-state index contributed by atoms with van der Waals surface area (Å²) in [6.45, 7) is 2.09. The van der Waals surface area contributed by atoms with Gasteiger partial charge in [-0.25, -0.2) is 0 Å². The van der Waals surface area contributed by atoms with Crippen LogP contribution in [0.5, 0.6) is 0 Å². The molecule has 0 saturated heterocycles. The van der Waals surface area contributed by atoms with Crippen molar-refractivity contribution in [2.45, 2.75) is 6.92 Å². The molecule has 0 N–H and O–H groups in total. The lowest BCUT2D eigenvalue weighted by Crippen LogP contribution is -1.86. The maximum absolute atomic E-state index is 5.17. The SMILES string of the molecule is C#CC1=CC=CC1C. The average Bonchev–Trinajstić information content (AvgIpc) is 2.14. The van der Waals surface area contributed by atoms with Gasteiger partial charge in [-0.05, 0) is 0 Å². The Morgan fingerprint density at radius 1 is 1.75 bits per heavy atom. The standard InChI is InChI=1S/C8H8/c1-3-8-6-4-5-7(8)2/h1,4-7H,2H3. The third-order valence-electron chi connectivity index (χ3n) is 1.33. The number of hydrogen-bond acceptors (Lipinski definition) is 0. The van der Waals surface area contributed by atoms with Crippen molar-refractivity contribution in [2.24, 2.45) is 5.92 Å². The Kier molecular flexibility index (Phi) is 1.22. The lowest BCUT2D eigenvalue weighted by atomic mass is 10.1. The Labute approximate surface area is 49.9 Å². The largest absolute Gasteiger partial charge is 0.115 e. The summed E-state index contributed by atoms with van der Waals surface area (Å²) in [6.07, 6.45) is 11.2. The molecule has 1 unspecified atom stereocenters. The Morgan fingerprint density at radius 3 is 2.75 bits per heavy atom. The minimum Gasteiger partial charge on any atom is -0.115 e. The topological polar surface area (TPSA) is 0 Å². The smallest absolute Gasteiger partial charge is 0.00835 e. The molecule has 0 amide bonds. The van der Waals surface area contributed by atoms with Gasteiger partial charge in [0.2, 0.25) is 0 Å². The molecule has 0 aromatic carbocycles. The van der Waals surface area contributed by atoms with Crippen LogP contribution in [0.2, 0.25) is 0 Å². The molecule has 0 radical (unpaired) electrons. The molecular weight excluding hydrogens is 96.1 g/mol. The van der Waals surface area contributed by atoms with Crippen molar-refractivity contribution in [3.8, 4) is 12.3 Å².